The van der Waals surface area contributed by atoms with Crippen molar-refractivity contribution in [2.75, 3.05) is 25.8 Å². The Balaban J connectivity index is 2.46. The number of methoxy groups -OCH3 is 2. The third-order valence-corrected chi connectivity index (χ3v) is 3.95. The highest BCUT2D eigenvalue weighted by atomic mass is 32.2. The van der Waals surface area contributed by atoms with Crippen LogP contribution in [-0.4, -0.2) is 36.3 Å². The highest BCUT2D eigenvalue weighted by Gasteiger charge is 2.24. The normalized spacial score (nSPS) is 10.1. The van der Waals surface area contributed by atoms with E-state index in [0.717, 1.165) is 0 Å². The lowest BCUT2D eigenvalue weighted by Crippen LogP contribution is -2.15. The van der Waals surface area contributed by atoms with E-state index in [-0.39, 0.29) is 11.3 Å². The minimum Gasteiger partial charge on any atom is -0.495 e. The summed E-state index contributed by atoms with van der Waals surface area (Å²) in [4.78, 5) is 27.7. The zero-order chi connectivity index (χ0) is 17.7. The molecule has 0 saturated heterocycles. The molecule has 0 aliphatic heterocycles. The van der Waals surface area contributed by atoms with E-state index in [4.69, 9.17) is 9.47 Å². The number of hydrogen-bond donors (Lipinski definition) is 1. The number of amides is 1. The van der Waals surface area contributed by atoms with Crippen molar-refractivity contribution in [3.8, 4) is 11.5 Å². The van der Waals surface area contributed by atoms with Crippen LogP contribution < -0.4 is 14.8 Å². The Morgan fingerprint density at radius 2 is 2.00 bits per heavy atom. The predicted molar refractivity (Wildman–Crippen MR) is 90.2 cm³/mol. The van der Waals surface area contributed by atoms with E-state index in [0.29, 0.717) is 22.1 Å². The molecule has 0 fully saturated rings. The summed E-state index contributed by atoms with van der Waals surface area (Å²) >= 11 is 1.32. The fourth-order valence-corrected chi connectivity index (χ4v) is 2.62. The molecule has 0 unspecified atom stereocenters. The van der Waals surface area contributed by atoms with Gasteiger partial charge >= 0.3 is 0 Å². The molecule has 0 aliphatic carbocycles. The van der Waals surface area contributed by atoms with Gasteiger partial charge in [-0.25, -0.2) is 0 Å². The van der Waals surface area contributed by atoms with E-state index in [1.54, 1.807) is 12.3 Å². The summed E-state index contributed by atoms with van der Waals surface area (Å²) in [7, 11) is 2.87. The topological polar surface area (TPSA) is 104 Å². The number of rotatable bonds is 6. The van der Waals surface area contributed by atoms with Gasteiger partial charge in [-0.15, -0.1) is 11.8 Å². The van der Waals surface area contributed by atoms with Crippen LogP contribution in [0.4, 0.5) is 11.4 Å². The average molecular weight is 349 g/mol. The van der Waals surface area contributed by atoms with Gasteiger partial charge < -0.3 is 14.8 Å². The molecule has 9 heteroatoms. The van der Waals surface area contributed by atoms with Crippen molar-refractivity contribution in [2.45, 2.75) is 4.90 Å². The fraction of sp³-hybridized carbons (Fsp3) is 0.200. The first kappa shape index (κ1) is 17.5. The Bertz CT molecular complexity index is 782. The van der Waals surface area contributed by atoms with Gasteiger partial charge in [-0.3, -0.25) is 19.9 Å². The predicted octanol–water partition coefficient (Wildman–Crippen LogP) is 2.98. The van der Waals surface area contributed by atoms with Gasteiger partial charge in [0.2, 0.25) is 0 Å². The first-order valence-electron chi connectivity index (χ1n) is 6.71. The lowest BCUT2D eigenvalue weighted by Gasteiger charge is -2.12. The van der Waals surface area contributed by atoms with Crippen LogP contribution in [0.5, 0.6) is 11.5 Å². The molecule has 0 saturated carbocycles. The molecule has 0 bridgehead atoms. The van der Waals surface area contributed by atoms with Crippen molar-refractivity contribution in [1.29, 1.82) is 0 Å². The first-order valence-corrected chi connectivity index (χ1v) is 7.94. The average Bonchev–Trinajstić information content (AvgIpc) is 2.60. The number of ether oxygens (including phenoxy) is 2. The van der Waals surface area contributed by atoms with Crippen LogP contribution >= 0.6 is 11.8 Å². The molecule has 0 radical (unpaired) electrons. The quantitative estimate of drug-likeness (QED) is 0.486. The third kappa shape index (κ3) is 3.57. The standard InChI is InChI=1S/C15H15N3O5S/c1-22-12-4-5-16-8-10(12)17-15(19)9-6-14(24-3)13(23-2)7-11(9)18(20)21/h4-8H,1-3H3,(H,17,19). The maximum atomic E-state index is 12.5. The van der Waals surface area contributed by atoms with Gasteiger partial charge in [0.1, 0.15) is 22.7 Å². The fourth-order valence-electron chi connectivity index (χ4n) is 2.04. The summed E-state index contributed by atoms with van der Waals surface area (Å²) in [5.74, 6) is 0.107. The van der Waals surface area contributed by atoms with Crippen molar-refractivity contribution in [2.24, 2.45) is 0 Å². The number of carbonyl (C=O) groups is 1. The van der Waals surface area contributed by atoms with Crippen molar-refractivity contribution in [3.63, 3.8) is 0 Å². The zero-order valence-corrected chi connectivity index (χ0v) is 14.0. The van der Waals surface area contributed by atoms with E-state index in [9.17, 15) is 14.9 Å². The van der Waals surface area contributed by atoms with E-state index in [1.807, 2.05) is 0 Å². The van der Waals surface area contributed by atoms with E-state index in [2.05, 4.69) is 10.3 Å². The number of nitro groups is 1. The molecule has 1 aromatic carbocycles. The Hall–Kier alpha value is -2.81. The molecule has 1 N–H and O–H groups in total. The summed E-state index contributed by atoms with van der Waals surface area (Å²) in [6.45, 7) is 0. The second-order valence-corrected chi connectivity index (χ2v) is 5.36. The smallest absolute Gasteiger partial charge is 0.285 e. The SMILES string of the molecule is COc1ccncc1NC(=O)c1cc(SC)c(OC)cc1[N+](=O)[O-]. The van der Waals surface area contributed by atoms with Gasteiger partial charge in [0.05, 0.1) is 36.3 Å². The van der Waals surface area contributed by atoms with Gasteiger partial charge in [0.15, 0.2) is 0 Å². The van der Waals surface area contributed by atoms with Gasteiger partial charge in [0, 0.05) is 12.3 Å². The van der Waals surface area contributed by atoms with Gasteiger partial charge in [0.25, 0.3) is 11.6 Å². The number of nitro benzene ring substituents is 1. The lowest BCUT2D eigenvalue weighted by molar-refractivity contribution is -0.385. The zero-order valence-electron chi connectivity index (χ0n) is 13.2. The number of anilines is 1. The van der Waals surface area contributed by atoms with Crippen LogP contribution in [0.15, 0.2) is 35.5 Å². The van der Waals surface area contributed by atoms with E-state index < -0.39 is 10.8 Å². The second kappa shape index (κ2) is 7.64. The van der Waals surface area contributed by atoms with Crippen LogP contribution in [0.1, 0.15) is 10.4 Å². The maximum absolute atomic E-state index is 12.5. The van der Waals surface area contributed by atoms with Crippen molar-refractivity contribution in [3.05, 3.63) is 46.3 Å². The number of hydrogen-bond acceptors (Lipinski definition) is 7. The Kier molecular flexibility index (Phi) is 5.59. The summed E-state index contributed by atoms with van der Waals surface area (Å²) in [5, 5.41) is 13.9. The van der Waals surface area contributed by atoms with Crippen molar-refractivity contribution >= 4 is 29.0 Å². The third-order valence-electron chi connectivity index (χ3n) is 3.19. The maximum Gasteiger partial charge on any atom is 0.285 e. The monoisotopic (exact) mass is 349 g/mol. The van der Waals surface area contributed by atoms with Crippen molar-refractivity contribution in [1.82, 2.24) is 4.98 Å². The lowest BCUT2D eigenvalue weighted by atomic mass is 10.1. The molecule has 0 aliphatic rings. The second-order valence-electron chi connectivity index (χ2n) is 4.51. The molecule has 24 heavy (non-hydrogen) atoms. The summed E-state index contributed by atoms with van der Waals surface area (Å²) in [5.41, 5.74) is -0.0955. The number of pyridine rings is 1. The molecule has 1 aromatic heterocycles. The highest BCUT2D eigenvalue weighted by molar-refractivity contribution is 7.98. The Morgan fingerprint density at radius 3 is 2.58 bits per heavy atom. The van der Waals surface area contributed by atoms with E-state index >= 15 is 0 Å². The van der Waals surface area contributed by atoms with Gasteiger partial charge in [-0.05, 0) is 12.3 Å². The summed E-state index contributed by atoms with van der Waals surface area (Å²) in [6, 6.07) is 4.24. The number of benzene rings is 1. The number of carbonyl (C=O) groups excluding carboxylic acids is 1. The number of thioether (sulfide) groups is 1. The van der Waals surface area contributed by atoms with E-state index in [1.165, 1.54) is 50.5 Å². The van der Waals surface area contributed by atoms with Crippen LogP contribution in [0.25, 0.3) is 0 Å². The molecular weight excluding hydrogens is 334 g/mol. The highest BCUT2D eigenvalue weighted by Crippen LogP contribution is 2.35. The molecule has 1 heterocycles. The van der Waals surface area contributed by atoms with Gasteiger partial charge in [-0.1, -0.05) is 0 Å². The largest absolute Gasteiger partial charge is 0.495 e. The van der Waals surface area contributed by atoms with Crippen LogP contribution in [0.2, 0.25) is 0 Å². The molecule has 0 spiro atoms. The van der Waals surface area contributed by atoms with Crippen LogP contribution in [0, 0.1) is 10.1 Å². The minimum absolute atomic E-state index is 0.0731. The molecule has 126 valence electrons. The summed E-state index contributed by atoms with van der Waals surface area (Å²) in [6.07, 6.45) is 4.70. The number of nitrogens with one attached hydrogen (secondary N) is 1. The van der Waals surface area contributed by atoms with Crippen LogP contribution in [0.3, 0.4) is 0 Å². The molecule has 1 amide bonds. The molecular formula is C15H15N3O5S. The Labute approximate surface area is 142 Å². The first-order chi connectivity index (χ1) is 11.5. The van der Waals surface area contributed by atoms with Crippen molar-refractivity contribution < 1.29 is 19.2 Å². The molecule has 8 nitrogen and oxygen atoms in total. The minimum atomic E-state index is -0.633. The Morgan fingerprint density at radius 1 is 1.29 bits per heavy atom. The number of nitrogens with zero attached hydrogens (tertiary/aromatic N) is 2. The molecule has 2 rings (SSSR count). The number of aromatic nitrogens is 1. The molecule has 2 aromatic rings. The van der Waals surface area contributed by atoms with Gasteiger partial charge in [-0.2, -0.15) is 0 Å². The molecule has 0 atom stereocenters. The summed E-state index contributed by atoms with van der Waals surface area (Å²) < 4.78 is 10.3. The van der Waals surface area contributed by atoms with Crippen LogP contribution in [-0.2, 0) is 0 Å².